The molecule has 0 spiro atoms. The van der Waals surface area contributed by atoms with Gasteiger partial charge in [0.05, 0.1) is 0 Å². The molecule has 0 aromatic heterocycles. The predicted molar refractivity (Wildman–Crippen MR) is 70.4 cm³/mol. The van der Waals surface area contributed by atoms with Crippen molar-refractivity contribution < 1.29 is 0 Å². The Morgan fingerprint density at radius 2 is 2.25 bits per heavy atom. The minimum atomic E-state index is 0.710. The molecule has 2 rings (SSSR count). The fourth-order valence-electron chi connectivity index (χ4n) is 2.62. The van der Waals surface area contributed by atoms with Gasteiger partial charge in [-0.05, 0) is 45.5 Å². The quantitative estimate of drug-likeness (QED) is 0.835. The van der Waals surface area contributed by atoms with Crippen LogP contribution in [0.3, 0.4) is 0 Å². The number of rotatable bonds is 4. The van der Waals surface area contributed by atoms with Crippen LogP contribution < -0.4 is 10.2 Å². The lowest BCUT2D eigenvalue weighted by Crippen LogP contribution is -2.22. The van der Waals surface area contributed by atoms with Crippen molar-refractivity contribution in [2.45, 2.75) is 26.2 Å². The third-order valence-electron chi connectivity index (χ3n) is 3.53. The zero-order valence-electron chi connectivity index (χ0n) is 10.6. The zero-order valence-corrected chi connectivity index (χ0v) is 10.6. The average molecular weight is 218 g/mol. The molecule has 0 bridgehead atoms. The first-order chi connectivity index (χ1) is 7.76. The maximum absolute atomic E-state index is 3.25. The molecular weight excluding hydrogens is 196 g/mol. The Morgan fingerprint density at radius 3 is 2.94 bits per heavy atom. The Balaban J connectivity index is 2.24. The number of anilines is 1. The highest BCUT2D eigenvalue weighted by molar-refractivity contribution is 5.61. The maximum Gasteiger partial charge on any atom is 0.0402 e. The van der Waals surface area contributed by atoms with Crippen LogP contribution in [0, 0.1) is 6.92 Å². The highest BCUT2D eigenvalue weighted by Gasteiger charge is 2.26. The molecule has 0 fully saturated rings. The van der Waals surface area contributed by atoms with Crippen LogP contribution in [-0.4, -0.2) is 26.7 Å². The third-order valence-corrected chi connectivity index (χ3v) is 3.53. The molecule has 0 saturated heterocycles. The van der Waals surface area contributed by atoms with E-state index < -0.39 is 0 Å². The zero-order chi connectivity index (χ0) is 11.5. The topological polar surface area (TPSA) is 15.3 Å². The van der Waals surface area contributed by atoms with Gasteiger partial charge in [-0.15, -0.1) is 0 Å². The van der Waals surface area contributed by atoms with Crippen molar-refractivity contribution in [3.05, 3.63) is 29.3 Å². The molecule has 1 unspecified atom stereocenters. The average Bonchev–Trinajstić information content (AvgIpc) is 2.64. The van der Waals surface area contributed by atoms with Gasteiger partial charge in [-0.1, -0.05) is 17.7 Å². The summed E-state index contributed by atoms with van der Waals surface area (Å²) in [4.78, 5) is 2.50. The molecule has 1 heterocycles. The van der Waals surface area contributed by atoms with Crippen LogP contribution in [0.4, 0.5) is 5.69 Å². The molecule has 1 aromatic rings. The summed E-state index contributed by atoms with van der Waals surface area (Å²) in [5.74, 6) is 0.710. The predicted octanol–water partition coefficient (Wildman–Crippen LogP) is 2.53. The van der Waals surface area contributed by atoms with Gasteiger partial charge in [-0.3, -0.25) is 0 Å². The Hall–Kier alpha value is -1.02. The van der Waals surface area contributed by atoms with E-state index in [9.17, 15) is 0 Å². The molecule has 2 nitrogen and oxygen atoms in total. The summed E-state index contributed by atoms with van der Waals surface area (Å²) in [6.45, 7) is 7.84. The van der Waals surface area contributed by atoms with E-state index in [1.165, 1.54) is 24.2 Å². The Morgan fingerprint density at radius 1 is 1.44 bits per heavy atom. The van der Waals surface area contributed by atoms with E-state index in [4.69, 9.17) is 0 Å². The molecule has 2 heteroatoms. The second kappa shape index (κ2) is 4.88. The van der Waals surface area contributed by atoms with Gasteiger partial charge < -0.3 is 10.2 Å². The van der Waals surface area contributed by atoms with Gasteiger partial charge in [0.1, 0.15) is 0 Å². The Labute approximate surface area is 98.7 Å². The molecule has 0 amide bonds. The summed E-state index contributed by atoms with van der Waals surface area (Å²) in [6.07, 6.45) is 1.24. The summed E-state index contributed by atoms with van der Waals surface area (Å²) in [5, 5.41) is 3.25. The van der Waals surface area contributed by atoms with Gasteiger partial charge in [-0.2, -0.15) is 0 Å². The molecular formula is C14H22N2. The molecule has 1 N–H and O–H groups in total. The van der Waals surface area contributed by atoms with Crippen molar-refractivity contribution in [1.29, 1.82) is 0 Å². The number of nitrogens with one attached hydrogen (secondary N) is 1. The summed E-state index contributed by atoms with van der Waals surface area (Å²) in [5.41, 5.74) is 4.39. The van der Waals surface area contributed by atoms with Gasteiger partial charge in [0.15, 0.2) is 0 Å². The van der Waals surface area contributed by atoms with Crippen LogP contribution >= 0.6 is 0 Å². The monoisotopic (exact) mass is 218 g/mol. The number of fused-ring (bicyclic) bond motifs is 1. The molecule has 1 aromatic carbocycles. The standard InChI is InChI=1S/C14H22N2/c1-4-16-10-12(7-8-15-3)13-9-11(2)5-6-14(13)16/h5-6,9,12,15H,4,7-8,10H2,1-3H3. The highest BCUT2D eigenvalue weighted by atomic mass is 15.1. The molecule has 1 atom stereocenters. The van der Waals surface area contributed by atoms with E-state index in [2.05, 4.69) is 42.3 Å². The number of aryl methyl sites for hydroxylation is 1. The van der Waals surface area contributed by atoms with E-state index in [0.717, 1.165) is 13.1 Å². The first kappa shape index (κ1) is 11.5. The van der Waals surface area contributed by atoms with Crippen molar-refractivity contribution >= 4 is 5.69 Å². The molecule has 1 aliphatic heterocycles. The smallest absolute Gasteiger partial charge is 0.0402 e. The summed E-state index contributed by atoms with van der Waals surface area (Å²) in [7, 11) is 2.03. The minimum Gasteiger partial charge on any atom is -0.371 e. The molecule has 1 aliphatic rings. The van der Waals surface area contributed by atoms with Crippen LogP contribution in [-0.2, 0) is 0 Å². The third kappa shape index (κ3) is 2.07. The molecule has 0 aliphatic carbocycles. The van der Waals surface area contributed by atoms with E-state index in [1.54, 1.807) is 5.56 Å². The van der Waals surface area contributed by atoms with Gasteiger partial charge in [0, 0.05) is 24.7 Å². The van der Waals surface area contributed by atoms with Crippen LogP contribution in [0.25, 0.3) is 0 Å². The number of hydrogen-bond donors (Lipinski definition) is 1. The highest BCUT2D eigenvalue weighted by Crippen LogP contribution is 2.38. The largest absolute Gasteiger partial charge is 0.371 e. The van der Waals surface area contributed by atoms with E-state index in [0.29, 0.717) is 5.92 Å². The maximum atomic E-state index is 3.25. The SMILES string of the molecule is CCN1CC(CCNC)c2cc(C)ccc21. The van der Waals surface area contributed by atoms with E-state index in [1.807, 2.05) is 7.05 Å². The number of benzene rings is 1. The Kier molecular flexibility index (Phi) is 3.49. The van der Waals surface area contributed by atoms with Crippen LogP contribution in [0.1, 0.15) is 30.4 Å². The van der Waals surface area contributed by atoms with E-state index >= 15 is 0 Å². The number of likely N-dealkylation sites (N-methyl/N-ethyl adjacent to an activating group) is 1. The first-order valence-corrected chi connectivity index (χ1v) is 6.26. The van der Waals surface area contributed by atoms with Crippen molar-refractivity contribution in [2.75, 3.05) is 31.6 Å². The van der Waals surface area contributed by atoms with Crippen LogP contribution in [0.2, 0.25) is 0 Å². The van der Waals surface area contributed by atoms with Gasteiger partial charge in [0.25, 0.3) is 0 Å². The van der Waals surface area contributed by atoms with Crippen molar-refractivity contribution in [3.63, 3.8) is 0 Å². The van der Waals surface area contributed by atoms with Gasteiger partial charge in [-0.25, -0.2) is 0 Å². The second-order valence-electron chi connectivity index (χ2n) is 4.69. The summed E-state index contributed by atoms with van der Waals surface area (Å²) in [6, 6.07) is 6.88. The van der Waals surface area contributed by atoms with Crippen molar-refractivity contribution in [3.8, 4) is 0 Å². The fraction of sp³-hybridized carbons (Fsp3) is 0.571. The fourth-order valence-corrected chi connectivity index (χ4v) is 2.62. The molecule has 16 heavy (non-hydrogen) atoms. The van der Waals surface area contributed by atoms with Crippen molar-refractivity contribution in [2.24, 2.45) is 0 Å². The van der Waals surface area contributed by atoms with Gasteiger partial charge in [0.2, 0.25) is 0 Å². The van der Waals surface area contributed by atoms with Gasteiger partial charge >= 0.3 is 0 Å². The number of hydrogen-bond acceptors (Lipinski definition) is 2. The Bertz CT molecular complexity index is 360. The molecule has 0 saturated carbocycles. The lowest BCUT2D eigenvalue weighted by molar-refractivity contribution is 0.611. The second-order valence-corrected chi connectivity index (χ2v) is 4.69. The summed E-state index contributed by atoms with van der Waals surface area (Å²) >= 11 is 0. The lowest BCUT2D eigenvalue weighted by atomic mass is 9.96. The van der Waals surface area contributed by atoms with Crippen molar-refractivity contribution in [1.82, 2.24) is 5.32 Å². The normalized spacial score (nSPS) is 18.9. The number of nitrogens with zero attached hydrogens (tertiary/aromatic N) is 1. The van der Waals surface area contributed by atoms with E-state index in [-0.39, 0.29) is 0 Å². The first-order valence-electron chi connectivity index (χ1n) is 6.26. The minimum absolute atomic E-state index is 0.710. The van der Waals surface area contributed by atoms with Crippen LogP contribution in [0.15, 0.2) is 18.2 Å². The lowest BCUT2D eigenvalue weighted by Gasteiger charge is -2.17. The van der Waals surface area contributed by atoms with Crippen LogP contribution in [0.5, 0.6) is 0 Å². The molecule has 0 radical (unpaired) electrons. The summed E-state index contributed by atoms with van der Waals surface area (Å²) < 4.78 is 0. The molecule has 88 valence electrons.